The summed E-state index contributed by atoms with van der Waals surface area (Å²) in [6, 6.07) is 8.77. The summed E-state index contributed by atoms with van der Waals surface area (Å²) in [7, 11) is 1.66. The van der Waals surface area contributed by atoms with Gasteiger partial charge in [0.1, 0.15) is 5.75 Å². The molecule has 3 aliphatic heterocycles. The minimum Gasteiger partial charge on any atom is -0.496 e. The maximum Gasteiger partial charge on any atom is 0.258 e. The Morgan fingerprint density at radius 3 is 3.00 bits per heavy atom. The summed E-state index contributed by atoms with van der Waals surface area (Å²) < 4.78 is 5.55. The monoisotopic (exact) mass is 432 g/mol. The number of ether oxygens (including phenoxy) is 1. The van der Waals surface area contributed by atoms with E-state index in [4.69, 9.17) is 4.74 Å². The molecule has 2 aromatic rings. The van der Waals surface area contributed by atoms with Crippen molar-refractivity contribution in [2.24, 2.45) is 11.8 Å². The largest absolute Gasteiger partial charge is 0.496 e. The molecule has 4 atom stereocenters. The molecule has 1 aliphatic carbocycles. The smallest absolute Gasteiger partial charge is 0.258 e. The highest BCUT2D eigenvalue weighted by atomic mass is 16.5. The first-order chi connectivity index (χ1) is 15.7. The standard InChI is InChI=1S/C26H32N4O2/c1-32-23-10-3-2-8-20(23)24-21(15-27-28-24)26(31)30-12-6-7-17-13-18-14-19(25(17)30)16-29-11-5-4-9-22(18)29/h2-3,8,10,13,15,18-19,22,25H,4-7,9,11-12,14,16H2,1H3,(H,27,28)/t18-,19+,22+,25+/m0/s1. The van der Waals surface area contributed by atoms with Crippen molar-refractivity contribution in [1.29, 1.82) is 0 Å². The molecule has 6 heteroatoms. The van der Waals surface area contributed by atoms with Crippen molar-refractivity contribution in [2.75, 3.05) is 26.7 Å². The third-order valence-corrected chi connectivity index (χ3v) is 8.16. The molecule has 168 valence electrons. The summed E-state index contributed by atoms with van der Waals surface area (Å²) in [6.45, 7) is 3.18. The Hall–Kier alpha value is -2.60. The van der Waals surface area contributed by atoms with Crippen molar-refractivity contribution in [3.8, 4) is 17.0 Å². The van der Waals surface area contributed by atoms with Crippen LogP contribution in [0.4, 0.5) is 0 Å². The zero-order valence-electron chi connectivity index (χ0n) is 18.8. The van der Waals surface area contributed by atoms with Gasteiger partial charge in [-0.2, -0.15) is 5.10 Å². The number of H-pyrrole nitrogens is 1. The number of hydrogen-bond donors (Lipinski definition) is 1. The molecule has 0 unspecified atom stereocenters. The molecule has 6 nitrogen and oxygen atoms in total. The number of rotatable bonds is 3. The second kappa shape index (κ2) is 8.07. The first-order valence-electron chi connectivity index (χ1n) is 12.2. The molecular formula is C26H32N4O2. The van der Waals surface area contributed by atoms with Crippen molar-refractivity contribution in [1.82, 2.24) is 20.0 Å². The second-order valence-electron chi connectivity index (χ2n) is 9.87. The SMILES string of the molecule is COc1ccccc1-c1[nH]ncc1C(=O)N1CCCC2=C[C@H]3C[C@H](CN4CCCC[C@H]34)[C@@H]21. The summed E-state index contributed by atoms with van der Waals surface area (Å²) in [5, 5.41) is 7.33. The van der Waals surface area contributed by atoms with Crippen LogP contribution in [0.5, 0.6) is 5.75 Å². The lowest BCUT2D eigenvalue weighted by Crippen LogP contribution is -2.60. The molecule has 0 saturated carbocycles. The Morgan fingerprint density at radius 1 is 1.19 bits per heavy atom. The van der Waals surface area contributed by atoms with E-state index in [0.29, 0.717) is 17.4 Å². The number of fused-ring (bicyclic) bond motifs is 6. The molecule has 1 aromatic carbocycles. The van der Waals surface area contributed by atoms with Crippen LogP contribution in [-0.2, 0) is 0 Å². The van der Waals surface area contributed by atoms with Gasteiger partial charge in [-0.3, -0.25) is 14.8 Å². The zero-order chi connectivity index (χ0) is 21.7. The number of carbonyl (C=O) groups excluding carboxylic acids is 1. The molecule has 1 aromatic heterocycles. The van der Waals surface area contributed by atoms with Gasteiger partial charge >= 0.3 is 0 Å². The molecular weight excluding hydrogens is 400 g/mol. The van der Waals surface area contributed by atoms with Gasteiger partial charge in [-0.25, -0.2) is 0 Å². The Labute approximate surface area is 189 Å². The molecule has 32 heavy (non-hydrogen) atoms. The van der Waals surface area contributed by atoms with E-state index in [1.807, 2.05) is 24.3 Å². The van der Waals surface area contributed by atoms with Gasteiger partial charge in [-0.05, 0) is 62.6 Å². The number of carbonyl (C=O) groups is 1. The van der Waals surface area contributed by atoms with Gasteiger partial charge in [0.2, 0.25) is 0 Å². The molecule has 2 bridgehead atoms. The Bertz CT molecular complexity index is 1040. The maximum atomic E-state index is 13.9. The molecule has 3 saturated heterocycles. The van der Waals surface area contributed by atoms with Crippen LogP contribution >= 0.6 is 0 Å². The van der Waals surface area contributed by atoms with E-state index in [0.717, 1.165) is 49.0 Å². The number of para-hydroxylation sites is 1. The van der Waals surface area contributed by atoms with Gasteiger partial charge < -0.3 is 9.64 Å². The van der Waals surface area contributed by atoms with Crippen LogP contribution in [0.25, 0.3) is 11.3 Å². The van der Waals surface area contributed by atoms with Gasteiger partial charge in [0.25, 0.3) is 5.91 Å². The summed E-state index contributed by atoms with van der Waals surface area (Å²) >= 11 is 0. The van der Waals surface area contributed by atoms with Crippen molar-refractivity contribution >= 4 is 5.91 Å². The van der Waals surface area contributed by atoms with Crippen LogP contribution in [-0.4, -0.2) is 64.7 Å². The fourth-order valence-electron chi connectivity index (χ4n) is 6.86. The van der Waals surface area contributed by atoms with Crippen LogP contribution in [0.2, 0.25) is 0 Å². The predicted molar refractivity (Wildman–Crippen MR) is 124 cm³/mol. The first-order valence-corrected chi connectivity index (χ1v) is 12.2. The molecule has 6 rings (SSSR count). The first kappa shape index (κ1) is 20.0. The zero-order valence-corrected chi connectivity index (χ0v) is 18.8. The number of aromatic amines is 1. The average Bonchev–Trinajstić information content (AvgIpc) is 3.33. The molecule has 1 N–H and O–H groups in total. The normalized spacial score (nSPS) is 29.7. The van der Waals surface area contributed by atoms with Gasteiger partial charge in [0, 0.05) is 24.7 Å². The third-order valence-electron chi connectivity index (χ3n) is 8.16. The number of nitrogens with zero attached hydrogens (tertiary/aromatic N) is 3. The maximum absolute atomic E-state index is 13.9. The van der Waals surface area contributed by atoms with Crippen molar-refractivity contribution in [3.05, 3.63) is 47.7 Å². The Morgan fingerprint density at radius 2 is 2.09 bits per heavy atom. The number of nitrogens with one attached hydrogen (secondary N) is 1. The molecule has 0 radical (unpaired) electrons. The van der Waals surface area contributed by atoms with Gasteiger partial charge in [0.15, 0.2) is 0 Å². The topological polar surface area (TPSA) is 61.5 Å². The van der Waals surface area contributed by atoms with Crippen molar-refractivity contribution < 1.29 is 9.53 Å². The van der Waals surface area contributed by atoms with E-state index in [2.05, 4.69) is 26.1 Å². The number of hydrogen-bond acceptors (Lipinski definition) is 4. The van der Waals surface area contributed by atoms with Crippen LogP contribution in [0.1, 0.15) is 48.9 Å². The quantitative estimate of drug-likeness (QED) is 0.741. The number of benzene rings is 1. The van der Waals surface area contributed by atoms with Crippen LogP contribution in [0.3, 0.4) is 0 Å². The van der Waals surface area contributed by atoms with Crippen LogP contribution < -0.4 is 4.74 Å². The Kier molecular flexibility index (Phi) is 5.05. The van der Waals surface area contributed by atoms with E-state index in [1.54, 1.807) is 13.3 Å². The Balaban J connectivity index is 1.34. The van der Waals surface area contributed by atoms with Gasteiger partial charge in [-0.1, -0.05) is 30.2 Å². The summed E-state index contributed by atoms with van der Waals surface area (Å²) in [4.78, 5) is 18.8. The molecule has 4 heterocycles. The number of methoxy groups -OCH3 is 1. The lowest BCUT2D eigenvalue weighted by Gasteiger charge is -2.54. The lowest BCUT2D eigenvalue weighted by atomic mass is 9.68. The fraction of sp³-hybridized carbons (Fsp3) is 0.538. The van der Waals surface area contributed by atoms with E-state index in [9.17, 15) is 4.79 Å². The van der Waals surface area contributed by atoms with E-state index in [-0.39, 0.29) is 11.9 Å². The number of amides is 1. The molecule has 3 fully saturated rings. The number of aromatic nitrogens is 2. The third kappa shape index (κ3) is 3.19. The predicted octanol–water partition coefficient (Wildman–Crippen LogP) is 4.12. The number of likely N-dealkylation sites (tertiary alicyclic amines) is 1. The summed E-state index contributed by atoms with van der Waals surface area (Å²) in [6.07, 6.45) is 11.7. The average molecular weight is 433 g/mol. The van der Waals surface area contributed by atoms with Crippen molar-refractivity contribution in [3.63, 3.8) is 0 Å². The van der Waals surface area contributed by atoms with Crippen molar-refractivity contribution in [2.45, 2.75) is 50.6 Å². The van der Waals surface area contributed by atoms with Gasteiger partial charge in [-0.15, -0.1) is 0 Å². The molecule has 1 amide bonds. The molecule has 4 aliphatic rings. The minimum absolute atomic E-state index is 0.0921. The van der Waals surface area contributed by atoms with Crippen LogP contribution in [0.15, 0.2) is 42.1 Å². The fourth-order valence-corrected chi connectivity index (χ4v) is 6.86. The highest BCUT2D eigenvalue weighted by Gasteiger charge is 2.47. The highest BCUT2D eigenvalue weighted by molar-refractivity contribution is 6.00. The van der Waals surface area contributed by atoms with E-state index < -0.39 is 0 Å². The number of piperidine rings is 3. The van der Waals surface area contributed by atoms with Crippen LogP contribution in [0, 0.1) is 11.8 Å². The lowest BCUT2D eigenvalue weighted by molar-refractivity contribution is 0.00150. The second-order valence-corrected chi connectivity index (χ2v) is 9.87. The summed E-state index contributed by atoms with van der Waals surface area (Å²) in [5.41, 5.74) is 3.78. The van der Waals surface area contributed by atoms with E-state index in [1.165, 1.54) is 37.8 Å². The van der Waals surface area contributed by atoms with Gasteiger partial charge in [0.05, 0.1) is 30.6 Å². The summed E-state index contributed by atoms with van der Waals surface area (Å²) in [5.74, 6) is 2.05. The minimum atomic E-state index is 0.0921. The molecule has 0 spiro atoms. The van der Waals surface area contributed by atoms with E-state index >= 15 is 0 Å². The highest BCUT2D eigenvalue weighted by Crippen LogP contribution is 2.45.